The summed E-state index contributed by atoms with van der Waals surface area (Å²) in [6.45, 7) is 5.50. The number of nitrogens with one attached hydrogen (secondary N) is 1. The monoisotopic (exact) mass is 276 g/mol. The molecule has 1 aliphatic heterocycles. The number of methoxy groups -OCH3 is 1. The second-order valence-electron chi connectivity index (χ2n) is 5.43. The lowest BCUT2D eigenvalue weighted by Crippen LogP contribution is -2.31. The third-order valence-electron chi connectivity index (χ3n) is 3.86. The minimum absolute atomic E-state index is 0.0844. The van der Waals surface area contributed by atoms with Gasteiger partial charge in [0.05, 0.1) is 6.61 Å². The maximum absolute atomic E-state index is 11.6. The van der Waals surface area contributed by atoms with E-state index in [1.165, 1.54) is 11.3 Å². The first kappa shape index (κ1) is 14.9. The van der Waals surface area contributed by atoms with Crippen LogP contribution in [-0.4, -0.2) is 39.3 Å². The third-order valence-corrected chi connectivity index (χ3v) is 3.86. The summed E-state index contributed by atoms with van der Waals surface area (Å²) >= 11 is 0. The molecule has 4 heteroatoms. The number of rotatable bonds is 6. The van der Waals surface area contributed by atoms with Crippen molar-refractivity contribution in [2.45, 2.75) is 19.8 Å². The molecule has 0 bridgehead atoms. The molecular formula is C16H24N2O2. The summed E-state index contributed by atoms with van der Waals surface area (Å²) < 4.78 is 4.90. The topological polar surface area (TPSA) is 41.6 Å². The molecule has 2 rings (SSSR count). The maximum atomic E-state index is 11.6. The second kappa shape index (κ2) is 7.29. The van der Waals surface area contributed by atoms with Crippen LogP contribution in [0.25, 0.3) is 0 Å². The van der Waals surface area contributed by atoms with E-state index >= 15 is 0 Å². The molecule has 1 aromatic carbocycles. The number of aryl methyl sites for hydroxylation is 1. The largest absolute Gasteiger partial charge is 0.384 e. The molecule has 20 heavy (non-hydrogen) atoms. The highest BCUT2D eigenvalue weighted by Gasteiger charge is 2.23. The summed E-state index contributed by atoms with van der Waals surface area (Å²) in [6.07, 6.45) is 1.59. The van der Waals surface area contributed by atoms with Crippen LogP contribution < -0.4 is 10.2 Å². The van der Waals surface area contributed by atoms with Gasteiger partial charge in [-0.1, -0.05) is 18.2 Å². The van der Waals surface area contributed by atoms with Gasteiger partial charge in [-0.15, -0.1) is 0 Å². The van der Waals surface area contributed by atoms with E-state index in [2.05, 4.69) is 41.4 Å². The highest BCUT2D eigenvalue weighted by atomic mass is 16.5. The molecule has 0 aromatic heterocycles. The zero-order chi connectivity index (χ0) is 14.4. The molecule has 1 heterocycles. The van der Waals surface area contributed by atoms with Crippen LogP contribution in [0.5, 0.6) is 0 Å². The first-order chi connectivity index (χ1) is 9.70. The third kappa shape index (κ3) is 3.97. The van der Waals surface area contributed by atoms with Gasteiger partial charge in [-0.05, 0) is 30.9 Å². The Morgan fingerprint density at radius 2 is 2.25 bits per heavy atom. The fourth-order valence-electron chi connectivity index (χ4n) is 2.68. The van der Waals surface area contributed by atoms with Crippen molar-refractivity contribution in [2.24, 2.45) is 5.92 Å². The molecule has 1 aliphatic rings. The Morgan fingerprint density at radius 3 is 3.00 bits per heavy atom. The molecule has 0 saturated carbocycles. The Kier molecular flexibility index (Phi) is 5.41. The lowest BCUT2D eigenvalue weighted by Gasteiger charge is -2.21. The Labute approximate surface area is 121 Å². The first-order valence-corrected chi connectivity index (χ1v) is 7.27. The van der Waals surface area contributed by atoms with Crippen LogP contribution in [-0.2, 0) is 9.53 Å². The van der Waals surface area contributed by atoms with Crippen molar-refractivity contribution >= 4 is 11.6 Å². The number of carbonyl (C=O) groups excluding carboxylic acids is 1. The predicted octanol–water partition coefficient (Wildman–Crippen LogP) is 1.97. The summed E-state index contributed by atoms with van der Waals surface area (Å²) in [5.41, 5.74) is 2.64. The van der Waals surface area contributed by atoms with Gasteiger partial charge in [-0.2, -0.15) is 0 Å². The van der Waals surface area contributed by atoms with Crippen LogP contribution in [0.1, 0.15) is 18.4 Å². The van der Waals surface area contributed by atoms with Crippen molar-refractivity contribution in [3.8, 4) is 0 Å². The molecule has 0 aliphatic carbocycles. The van der Waals surface area contributed by atoms with Crippen LogP contribution in [0, 0.1) is 12.8 Å². The highest BCUT2D eigenvalue weighted by Crippen LogP contribution is 2.26. The number of carbonyl (C=O) groups is 1. The van der Waals surface area contributed by atoms with Crippen LogP contribution in [0.4, 0.5) is 5.69 Å². The fourth-order valence-corrected chi connectivity index (χ4v) is 2.68. The van der Waals surface area contributed by atoms with E-state index < -0.39 is 0 Å². The predicted molar refractivity (Wildman–Crippen MR) is 81.0 cm³/mol. The molecule has 1 aromatic rings. The van der Waals surface area contributed by atoms with E-state index in [1.807, 2.05) is 0 Å². The number of para-hydroxylation sites is 1. The Morgan fingerprint density at radius 1 is 1.45 bits per heavy atom. The Bertz CT molecular complexity index is 448. The number of hydrogen-bond acceptors (Lipinski definition) is 3. The van der Waals surface area contributed by atoms with Gasteiger partial charge >= 0.3 is 0 Å². The quantitative estimate of drug-likeness (QED) is 0.864. The molecule has 1 saturated heterocycles. The highest BCUT2D eigenvalue weighted by molar-refractivity contribution is 5.75. The molecule has 1 N–H and O–H groups in total. The Hall–Kier alpha value is -1.55. The summed E-state index contributed by atoms with van der Waals surface area (Å²) in [4.78, 5) is 14.0. The van der Waals surface area contributed by atoms with Gasteiger partial charge < -0.3 is 15.0 Å². The standard InChI is InChI=1S/C16H24N2O2/c1-13-5-3-4-6-15(13)18-9-7-14(12-18)11-17-16(19)8-10-20-2/h3-6,14H,7-12H2,1-2H3,(H,17,19)/t14-/m0/s1. The normalized spacial score (nSPS) is 18.3. The first-order valence-electron chi connectivity index (χ1n) is 7.27. The zero-order valence-corrected chi connectivity index (χ0v) is 12.4. The van der Waals surface area contributed by atoms with Crippen molar-refractivity contribution in [1.82, 2.24) is 5.32 Å². The molecular weight excluding hydrogens is 252 g/mol. The van der Waals surface area contributed by atoms with E-state index in [4.69, 9.17) is 4.74 Å². The SMILES string of the molecule is COCCC(=O)NC[C@@H]1CCN(c2ccccc2C)C1. The van der Waals surface area contributed by atoms with Gasteiger partial charge in [0.1, 0.15) is 0 Å². The number of anilines is 1. The molecule has 1 amide bonds. The van der Waals surface area contributed by atoms with Crippen molar-refractivity contribution in [3.63, 3.8) is 0 Å². The van der Waals surface area contributed by atoms with Gasteiger partial charge in [0.15, 0.2) is 0 Å². The minimum Gasteiger partial charge on any atom is -0.384 e. The van der Waals surface area contributed by atoms with Crippen LogP contribution in [0.15, 0.2) is 24.3 Å². The summed E-state index contributed by atoms with van der Waals surface area (Å²) in [7, 11) is 1.62. The van der Waals surface area contributed by atoms with E-state index in [0.29, 0.717) is 18.9 Å². The van der Waals surface area contributed by atoms with E-state index in [0.717, 1.165) is 26.1 Å². The van der Waals surface area contributed by atoms with Gasteiger partial charge in [0.2, 0.25) is 5.91 Å². The number of hydrogen-bond donors (Lipinski definition) is 1. The van der Waals surface area contributed by atoms with E-state index in [-0.39, 0.29) is 5.91 Å². The average molecular weight is 276 g/mol. The van der Waals surface area contributed by atoms with E-state index in [9.17, 15) is 4.79 Å². The molecule has 0 unspecified atom stereocenters. The fraction of sp³-hybridized carbons (Fsp3) is 0.562. The number of ether oxygens (including phenoxy) is 1. The molecule has 4 nitrogen and oxygen atoms in total. The van der Waals surface area contributed by atoms with Crippen molar-refractivity contribution < 1.29 is 9.53 Å². The Balaban J connectivity index is 1.78. The van der Waals surface area contributed by atoms with Gasteiger partial charge in [0.25, 0.3) is 0 Å². The van der Waals surface area contributed by atoms with Gasteiger partial charge in [-0.25, -0.2) is 0 Å². The van der Waals surface area contributed by atoms with E-state index in [1.54, 1.807) is 7.11 Å². The van der Waals surface area contributed by atoms with Crippen molar-refractivity contribution in [3.05, 3.63) is 29.8 Å². The van der Waals surface area contributed by atoms with Crippen LogP contribution in [0.2, 0.25) is 0 Å². The van der Waals surface area contributed by atoms with Crippen LogP contribution in [0.3, 0.4) is 0 Å². The lowest BCUT2D eigenvalue weighted by atomic mass is 10.1. The maximum Gasteiger partial charge on any atom is 0.222 e. The number of nitrogens with zero attached hydrogens (tertiary/aromatic N) is 1. The summed E-state index contributed by atoms with van der Waals surface area (Å²) in [5.74, 6) is 0.627. The average Bonchev–Trinajstić information content (AvgIpc) is 2.92. The number of benzene rings is 1. The molecule has 0 radical (unpaired) electrons. The summed E-state index contributed by atoms with van der Waals surface area (Å²) in [6, 6.07) is 8.48. The molecule has 1 atom stereocenters. The molecule has 1 fully saturated rings. The zero-order valence-electron chi connectivity index (χ0n) is 12.4. The lowest BCUT2D eigenvalue weighted by molar-refractivity contribution is -0.122. The van der Waals surface area contributed by atoms with Crippen molar-refractivity contribution in [2.75, 3.05) is 38.3 Å². The van der Waals surface area contributed by atoms with Gasteiger partial charge in [-0.3, -0.25) is 4.79 Å². The van der Waals surface area contributed by atoms with Crippen molar-refractivity contribution in [1.29, 1.82) is 0 Å². The summed E-state index contributed by atoms with van der Waals surface area (Å²) in [5, 5.41) is 3.00. The second-order valence-corrected chi connectivity index (χ2v) is 5.43. The minimum atomic E-state index is 0.0844. The van der Waals surface area contributed by atoms with Crippen LogP contribution >= 0.6 is 0 Å². The molecule has 110 valence electrons. The number of amides is 1. The molecule has 0 spiro atoms. The smallest absolute Gasteiger partial charge is 0.222 e. The van der Waals surface area contributed by atoms with Gasteiger partial charge in [0, 0.05) is 38.9 Å².